The van der Waals surface area contributed by atoms with Gasteiger partial charge in [0, 0.05) is 6.54 Å². The second-order valence-electron chi connectivity index (χ2n) is 6.45. The molecule has 1 amide bonds. The molecule has 0 bridgehead atoms. The number of rotatable bonds is 4. The van der Waals surface area contributed by atoms with Crippen LogP contribution in [-0.2, 0) is 11.3 Å². The topological polar surface area (TPSA) is 49.3 Å². The molecule has 2 rings (SSSR count). The van der Waals surface area contributed by atoms with Crippen LogP contribution in [0.3, 0.4) is 0 Å². The number of phenolic OH excluding ortho intramolecular Hbond substituents is 1. The molecule has 1 aromatic rings. The Morgan fingerprint density at radius 2 is 1.90 bits per heavy atom. The van der Waals surface area contributed by atoms with E-state index >= 15 is 0 Å². The van der Waals surface area contributed by atoms with E-state index in [0.717, 1.165) is 5.56 Å². The molecular formula is C17H23NO2. The van der Waals surface area contributed by atoms with Crippen LogP contribution in [0.2, 0.25) is 0 Å². The molecule has 0 heterocycles. The van der Waals surface area contributed by atoms with Gasteiger partial charge in [-0.05, 0) is 42.9 Å². The van der Waals surface area contributed by atoms with Crippen molar-refractivity contribution in [3.05, 3.63) is 41.5 Å². The molecule has 0 aromatic heterocycles. The van der Waals surface area contributed by atoms with E-state index in [0.29, 0.717) is 12.5 Å². The van der Waals surface area contributed by atoms with Gasteiger partial charge in [-0.15, -0.1) is 0 Å². The summed E-state index contributed by atoms with van der Waals surface area (Å²) in [6.45, 7) is 8.93. The van der Waals surface area contributed by atoms with Gasteiger partial charge in [0.1, 0.15) is 5.75 Å². The van der Waals surface area contributed by atoms with Gasteiger partial charge < -0.3 is 10.4 Å². The van der Waals surface area contributed by atoms with E-state index in [1.807, 2.05) is 12.1 Å². The first-order valence-electron chi connectivity index (χ1n) is 7.03. The van der Waals surface area contributed by atoms with E-state index < -0.39 is 0 Å². The number of amides is 1. The van der Waals surface area contributed by atoms with Crippen LogP contribution in [0.5, 0.6) is 5.75 Å². The maximum absolute atomic E-state index is 12.3. The Bertz CT molecular complexity index is 524. The molecule has 0 spiro atoms. The van der Waals surface area contributed by atoms with Gasteiger partial charge >= 0.3 is 0 Å². The Morgan fingerprint density at radius 1 is 1.30 bits per heavy atom. The van der Waals surface area contributed by atoms with Gasteiger partial charge in [-0.2, -0.15) is 0 Å². The molecule has 1 fully saturated rings. The molecule has 1 aliphatic carbocycles. The molecule has 108 valence electrons. The number of carbonyl (C=O) groups is 1. The summed E-state index contributed by atoms with van der Waals surface area (Å²) in [5, 5.41) is 12.2. The summed E-state index contributed by atoms with van der Waals surface area (Å²) >= 11 is 0. The number of carbonyl (C=O) groups excluding carboxylic acids is 1. The van der Waals surface area contributed by atoms with Gasteiger partial charge in [0.25, 0.3) is 0 Å². The van der Waals surface area contributed by atoms with Crippen molar-refractivity contribution in [3.8, 4) is 5.75 Å². The molecule has 2 N–H and O–H groups in total. The normalized spacial score (nSPS) is 23.0. The molecule has 3 nitrogen and oxygen atoms in total. The fourth-order valence-corrected chi connectivity index (χ4v) is 2.76. The number of aromatic hydroxyl groups is 1. The number of hydrogen-bond acceptors (Lipinski definition) is 2. The van der Waals surface area contributed by atoms with Gasteiger partial charge in [-0.1, -0.05) is 37.6 Å². The van der Waals surface area contributed by atoms with E-state index in [1.165, 1.54) is 5.57 Å². The predicted molar refractivity (Wildman–Crippen MR) is 80.1 cm³/mol. The molecule has 1 aromatic carbocycles. The second kappa shape index (κ2) is 5.31. The maximum atomic E-state index is 12.3. The highest BCUT2D eigenvalue weighted by molar-refractivity contribution is 5.83. The van der Waals surface area contributed by atoms with Crippen molar-refractivity contribution in [3.63, 3.8) is 0 Å². The lowest BCUT2D eigenvalue weighted by molar-refractivity contribution is -0.123. The minimum Gasteiger partial charge on any atom is -0.508 e. The number of hydrogen-bond donors (Lipinski definition) is 2. The van der Waals surface area contributed by atoms with Crippen molar-refractivity contribution in [2.45, 2.75) is 34.2 Å². The fraction of sp³-hybridized carbons (Fsp3) is 0.471. The van der Waals surface area contributed by atoms with Crippen LogP contribution in [-0.4, -0.2) is 11.0 Å². The van der Waals surface area contributed by atoms with Gasteiger partial charge in [0.05, 0.1) is 5.92 Å². The third-order valence-electron chi connectivity index (χ3n) is 4.11. The summed E-state index contributed by atoms with van der Waals surface area (Å²) in [6.07, 6.45) is 2.20. The molecule has 0 unspecified atom stereocenters. The molecule has 0 radical (unpaired) electrons. The minimum absolute atomic E-state index is 0.0519. The van der Waals surface area contributed by atoms with Gasteiger partial charge in [-0.3, -0.25) is 4.79 Å². The van der Waals surface area contributed by atoms with Gasteiger partial charge in [-0.25, -0.2) is 0 Å². The van der Waals surface area contributed by atoms with Crippen LogP contribution in [0.15, 0.2) is 35.9 Å². The lowest BCUT2D eigenvalue weighted by Crippen LogP contribution is -2.26. The van der Waals surface area contributed by atoms with Crippen molar-refractivity contribution in [2.75, 3.05) is 0 Å². The standard InChI is InChI=1S/C17H23NO2/c1-11(2)9-14-15(17(14,3)4)16(20)18-10-12-5-7-13(19)8-6-12/h5-9,14-15,19H,10H2,1-4H3,(H,18,20)/t14-,15-/m1/s1. The number of phenols is 1. The van der Waals surface area contributed by atoms with Crippen molar-refractivity contribution in [1.29, 1.82) is 0 Å². The minimum atomic E-state index is 0.0519. The molecule has 20 heavy (non-hydrogen) atoms. The van der Waals surface area contributed by atoms with Crippen LogP contribution in [0.1, 0.15) is 33.3 Å². The Kier molecular flexibility index (Phi) is 3.89. The monoisotopic (exact) mass is 273 g/mol. The largest absolute Gasteiger partial charge is 0.508 e. The summed E-state index contributed by atoms with van der Waals surface area (Å²) in [4.78, 5) is 12.3. The first-order chi connectivity index (χ1) is 9.32. The lowest BCUT2D eigenvalue weighted by atomic mass is 10.1. The highest BCUT2D eigenvalue weighted by atomic mass is 16.3. The summed E-state index contributed by atoms with van der Waals surface area (Å²) in [6, 6.07) is 6.91. The zero-order chi connectivity index (χ0) is 14.9. The summed E-state index contributed by atoms with van der Waals surface area (Å²) < 4.78 is 0. The Balaban J connectivity index is 1.93. The average Bonchev–Trinajstić information content (AvgIpc) is 2.89. The third-order valence-corrected chi connectivity index (χ3v) is 4.11. The molecular weight excluding hydrogens is 250 g/mol. The summed E-state index contributed by atoms with van der Waals surface area (Å²) in [5.74, 6) is 0.763. The van der Waals surface area contributed by atoms with E-state index in [-0.39, 0.29) is 23.0 Å². The Labute approximate surface area is 120 Å². The van der Waals surface area contributed by atoms with Crippen molar-refractivity contribution >= 4 is 5.91 Å². The second-order valence-corrected chi connectivity index (χ2v) is 6.45. The first kappa shape index (κ1) is 14.6. The molecule has 3 heteroatoms. The van der Waals surface area contributed by atoms with Crippen LogP contribution >= 0.6 is 0 Å². The number of benzene rings is 1. The molecule has 2 atom stereocenters. The predicted octanol–water partition coefficient (Wildman–Crippen LogP) is 3.25. The fourth-order valence-electron chi connectivity index (χ4n) is 2.76. The third kappa shape index (κ3) is 3.03. The molecule has 1 aliphatic rings. The number of allylic oxidation sites excluding steroid dienone is 2. The van der Waals surface area contributed by atoms with Crippen molar-refractivity contribution < 1.29 is 9.90 Å². The molecule has 0 saturated heterocycles. The Morgan fingerprint density at radius 3 is 2.45 bits per heavy atom. The summed E-state index contributed by atoms with van der Waals surface area (Å²) in [5.41, 5.74) is 2.31. The Hall–Kier alpha value is -1.77. The van der Waals surface area contributed by atoms with Crippen LogP contribution in [0.25, 0.3) is 0 Å². The van der Waals surface area contributed by atoms with Crippen LogP contribution in [0, 0.1) is 17.3 Å². The maximum Gasteiger partial charge on any atom is 0.224 e. The van der Waals surface area contributed by atoms with Crippen molar-refractivity contribution in [1.82, 2.24) is 5.32 Å². The smallest absolute Gasteiger partial charge is 0.224 e. The van der Waals surface area contributed by atoms with E-state index in [4.69, 9.17) is 0 Å². The van der Waals surface area contributed by atoms with E-state index in [2.05, 4.69) is 39.1 Å². The zero-order valence-corrected chi connectivity index (χ0v) is 12.6. The van der Waals surface area contributed by atoms with Crippen molar-refractivity contribution in [2.24, 2.45) is 17.3 Å². The average molecular weight is 273 g/mol. The van der Waals surface area contributed by atoms with Crippen LogP contribution < -0.4 is 5.32 Å². The van der Waals surface area contributed by atoms with E-state index in [1.54, 1.807) is 12.1 Å². The zero-order valence-electron chi connectivity index (χ0n) is 12.6. The van der Waals surface area contributed by atoms with Gasteiger partial charge in [0.15, 0.2) is 0 Å². The highest BCUT2D eigenvalue weighted by Gasteiger charge is 2.60. The molecule has 0 aliphatic heterocycles. The summed E-state index contributed by atoms with van der Waals surface area (Å²) in [7, 11) is 0. The quantitative estimate of drug-likeness (QED) is 0.827. The SMILES string of the molecule is CC(C)=C[C@@H]1[C@H](C(=O)NCc2ccc(O)cc2)C1(C)C. The molecule has 1 saturated carbocycles. The first-order valence-corrected chi connectivity index (χ1v) is 7.03. The number of nitrogens with one attached hydrogen (secondary N) is 1. The lowest BCUT2D eigenvalue weighted by Gasteiger charge is -2.06. The van der Waals surface area contributed by atoms with E-state index in [9.17, 15) is 9.90 Å². The highest BCUT2D eigenvalue weighted by Crippen LogP contribution is 2.59. The van der Waals surface area contributed by atoms with Gasteiger partial charge in [0.2, 0.25) is 5.91 Å². The van der Waals surface area contributed by atoms with Crippen LogP contribution in [0.4, 0.5) is 0 Å².